The summed E-state index contributed by atoms with van der Waals surface area (Å²) < 4.78 is 0. The van der Waals surface area contributed by atoms with Crippen LogP contribution < -0.4 is 11.1 Å². The summed E-state index contributed by atoms with van der Waals surface area (Å²) in [5.74, 6) is 0.321. The molecule has 19 heavy (non-hydrogen) atoms. The first kappa shape index (κ1) is 12.4. The molecule has 1 aromatic heterocycles. The first-order chi connectivity index (χ1) is 9.24. The van der Waals surface area contributed by atoms with Gasteiger partial charge in [-0.1, -0.05) is 23.7 Å². The minimum atomic E-state index is 0.260. The third kappa shape index (κ3) is 2.55. The Morgan fingerprint density at radius 3 is 2.74 bits per heavy atom. The van der Waals surface area contributed by atoms with E-state index in [9.17, 15) is 0 Å². The van der Waals surface area contributed by atoms with Crippen LogP contribution in [-0.2, 0) is 0 Å². The van der Waals surface area contributed by atoms with E-state index in [1.807, 2.05) is 24.3 Å². The van der Waals surface area contributed by atoms with Gasteiger partial charge < -0.3 is 11.1 Å². The van der Waals surface area contributed by atoms with Gasteiger partial charge in [0.05, 0.1) is 11.7 Å². The van der Waals surface area contributed by atoms with Crippen molar-refractivity contribution < 1.29 is 0 Å². The van der Waals surface area contributed by atoms with Gasteiger partial charge in [0.25, 0.3) is 0 Å². The lowest BCUT2D eigenvalue weighted by Gasteiger charge is -2.15. The zero-order valence-corrected chi connectivity index (χ0v) is 11.2. The van der Waals surface area contributed by atoms with E-state index in [1.165, 1.54) is 0 Å². The average molecular weight is 275 g/mol. The summed E-state index contributed by atoms with van der Waals surface area (Å²) in [5.41, 5.74) is 8.79. The van der Waals surface area contributed by atoms with Crippen LogP contribution in [0.25, 0.3) is 11.1 Å². The minimum Gasteiger partial charge on any atom is -0.368 e. The molecule has 3 N–H and O–H groups in total. The number of halogens is 1. The maximum absolute atomic E-state index is 5.93. The summed E-state index contributed by atoms with van der Waals surface area (Å²) in [6.45, 7) is 1.02. The molecule has 5 heteroatoms. The van der Waals surface area contributed by atoms with Crippen LogP contribution >= 0.6 is 11.6 Å². The molecule has 1 fully saturated rings. The Kier molecular flexibility index (Phi) is 3.36. The SMILES string of the molecule is Nc1ncc(-c2ccc(Cl)cc2)c([C@H]2CCCN2)n1. The molecule has 4 nitrogen and oxygen atoms in total. The number of benzene rings is 1. The number of nitrogens with two attached hydrogens (primary N) is 1. The molecular weight excluding hydrogens is 260 g/mol. The zero-order valence-electron chi connectivity index (χ0n) is 10.4. The molecular formula is C14H15ClN4. The number of nitrogens with one attached hydrogen (secondary N) is 1. The van der Waals surface area contributed by atoms with Crippen molar-refractivity contribution in [2.24, 2.45) is 0 Å². The number of hydrogen-bond donors (Lipinski definition) is 2. The van der Waals surface area contributed by atoms with Crippen LogP contribution in [0.2, 0.25) is 5.02 Å². The minimum absolute atomic E-state index is 0.260. The largest absolute Gasteiger partial charge is 0.368 e. The summed E-state index contributed by atoms with van der Waals surface area (Å²) in [7, 11) is 0. The van der Waals surface area contributed by atoms with Gasteiger partial charge in [-0.15, -0.1) is 0 Å². The van der Waals surface area contributed by atoms with Gasteiger partial charge in [0.15, 0.2) is 0 Å². The number of hydrogen-bond acceptors (Lipinski definition) is 4. The fourth-order valence-corrected chi connectivity index (χ4v) is 2.57. The number of nitrogen functional groups attached to an aromatic ring is 1. The van der Waals surface area contributed by atoms with E-state index < -0.39 is 0 Å². The molecule has 1 saturated heterocycles. The molecule has 0 unspecified atom stereocenters. The average Bonchev–Trinajstić information content (AvgIpc) is 2.94. The van der Waals surface area contributed by atoms with Crippen LogP contribution in [0.3, 0.4) is 0 Å². The van der Waals surface area contributed by atoms with Crippen LogP contribution in [0.15, 0.2) is 30.5 Å². The molecule has 0 spiro atoms. The second kappa shape index (κ2) is 5.15. The predicted molar refractivity (Wildman–Crippen MR) is 76.9 cm³/mol. The summed E-state index contributed by atoms with van der Waals surface area (Å²) in [6, 6.07) is 7.97. The molecule has 0 aliphatic carbocycles. The van der Waals surface area contributed by atoms with E-state index in [2.05, 4.69) is 15.3 Å². The Morgan fingerprint density at radius 1 is 1.26 bits per heavy atom. The predicted octanol–water partition coefficient (Wildman–Crippen LogP) is 2.80. The molecule has 0 saturated carbocycles. The Bertz CT molecular complexity index is 576. The molecule has 1 aliphatic rings. The molecule has 1 aliphatic heterocycles. The van der Waals surface area contributed by atoms with Crippen molar-refractivity contribution in [3.05, 3.63) is 41.2 Å². The number of rotatable bonds is 2. The molecule has 0 bridgehead atoms. The quantitative estimate of drug-likeness (QED) is 0.884. The third-order valence-electron chi connectivity index (χ3n) is 3.38. The smallest absolute Gasteiger partial charge is 0.220 e. The highest BCUT2D eigenvalue weighted by atomic mass is 35.5. The van der Waals surface area contributed by atoms with Gasteiger partial charge in [0.2, 0.25) is 5.95 Å². The molecule has 98 valence electrons. The van der Waals surface area contributed by atoms with Gasteiger partial charge >= 0.3 is 0 Å². The highest BCUT2D eigenvalue weighted by Gasteiger charge is 2.22. The normalized spacial score (nSPS) is 18.7. The lowest BCUT2D eigenvalue weighted by atomic mass is 10.0. The Balaban J connectivity index is 2.06. The fraction of sp³-hybridized carbons (Fsp3) is 0.286. The standard InChI is InChI=1S/C14H15ClN4/c15-10-5-3-9(4-6-10)11-8-18-14(16)19-13(11)12-2-1-7-17-12/h3-6,8,12,17H,1-2,7H2,(H2,16,18,19)/t12-/m1/s1. The topological polar surface area (TPSA) is 63.8 Å². The first-order valence-electron chi connectivity index (χ1n) is 6.36. The third-order valence-corrected chi connectivity index (χ3v) is 3.63. The Labute approximate surface area is 117 Å². The van der Waals surface area contributed by atoms with E-state index >= 15 is 0 Å². The highest BCUT2D eigenvalue weighted by Crippen LogP contribution is 2.31. The monoisotopic (exact) mass is 274 g/mol. The van der Waals surface area contributed by atoms with Crippen molar-refractivity contribution >= 4 is 17.5 Å². The molecule has 2 aromatic rings. The van der Waals surface area contributed by atoms with E-state index in [-0.39, 0.29) is 6.04 Å². The van der Waals surface area contributed by atoms with Gasteiger partial charge in [-0.2, -0.15) is 0 Å². The summed E-state index contributed by atoms with van der Waals surface area (Å²) in [4.78, 5) is 8.54. The van der Waals surface area contributed by atoms with E-state index in [0.717, 1.165) is 41.2 Å². The summed E-state index contributed by atoms with van der Waals surface area (Å²) in [6.07, 6.45) is 4.03. The molecule has 0 radical (unpaired) electrons. The van der Waals surface area contributed by atoms with Crippen molar-refractivity contribution in [2.45, 2.75) is 18.9 Å². The molecule has 2 heterocycles. The summed E-state index contributed by atoms with van der Waals surface area (Å²) in [5, 5.41) is 4.17. The highest BCUT2D eigenvalue weighted by molar-refractivity contribution is 6.30. The van der Waals surface area contributed by atoms with E-state index in [1.54, 1.807) is 6.20 Å². The van der Waals surface area contributed by atoms with Gasteiger partial charge in [-0.05, 0) is 37.1 Å². The van der Waals surface area contributed by atoms with Crippen molar-refractivity contribution in [3.8, 4) is 11.1 Å². The van der Waals surface area contributed by atoms with Crippen LogP contribution in [0.4, 0.5) is 5.95 Å². The van der Waals surface area contributed by atoms with Crippen LogP contribution in [0.5, 0.6) is 0 Å². The van der Waals surface area contributed by atoms with Gasteiger partial charge in [0, 0.05) is 16.8 Å². The van der Waals surface area contributed by atoms with Crippen LogP contribution in [0.1, 0.15) is 24.6 Å². The second-order valence-electron chi connectivity index (χ2n) is 4.68. The van der Waals surface area contributed by atoms with Crippen LogP contribution in [0, 0.1) is 0 Å². The van der Waals surface area contributed by atoms with Crippen LogP contribution in [-0.4, -0.2) is 16.5 Å². The Hall–Kier alpha value is -1.65. The zero-order chi connectivity index (χ0) is 13.2. The second-order valence-corrected chi connectivity index (χ2v) is 5.12. The van der Waals surface area contributed by atoms with Gasteiger partial charge in [-0.25, -0.2) is 9.97 Å². The van der Waals surface area contributed by atoms with Gasteiger partial charge in [0.1, 0.15) is 0 Å². The number of nitrogens with zero attached hydrogens (tertiary/aromatic N) is 2. The molecule has 0 amide bonds. The lowest BCUT2D eigenvalue weighted by molar-refractivity contribution is 0.629. The van der Waals surface area contributed by atoms with Crippen molar-refractivity contribution in [2.75, 3.05) is 12.3 Å². The maximum atomic E-state index is 5.93. The van der Waals surface area contributed by atoms with E-state index in [4.69, 9.17) is 17.3 Å². The van der Waals surface area contributed by atoms with E-state index in [0.29, 0.717) is 5.95 Å². The lowest BCUT2D eigenvalue weighted by Crippen LogP contribution is -2.16. The van der Waals surface area contributed by atoms with Crippen molar-refractivity contribution in [1.29, 1.82) is 0 Å². The number of aromatic nitrogens is 2. The maximum Gasteiger partial charge on any atom is 0.220 e. The number of anilines is 1. The first-order valence-corrected chi connectivity index (χ1v) is 6.73. The Morgan fingerprint density at radius 2 is 2.05 bits per heavy atom. The van der Waals surface area contributed by atoms with Crippen molar-refractivity contribution in [3.63, 3.8) is 0 Å². The fourth-order valence-electron chi connectivity index (χ4n) is 2.44. The molecule has 1 atom stereocenters. The molecule has 1 aromatic carbocycles. The van der Waals surface area contributed by atoms with Crippen molar-refractivity contribution in [1.82, 2.24) is 15.3 Å². The molecule has 3 rings (SSSR count). The van der Waals surface area contributed by atoms with Gasteiger partial charge in [-0.3, -0.25) is 0 Å². The summed E-state index contributed by atoms with van der Waals surface area (Å²) >= 11 is 5.93.